The van der Waals surface area contributed by atoms with Crippen LogP contribution in [0, 0.1) is 0 Å². The number of hydrogen-bond donors (Lipinski definition) is 1. The summed E-state index contributed by atoms with van der Waals surface area (Å²) >= 11 is 0. The number of hydrogen-bond acceptors (Lipinski definition) is 3. The number of unbranched alkanes of at least 4 members (excludes halogenated alkanes) is 1. The van der Waals surface area contributed by atoms with Crippen LogP contribution in [0.25, 0.3) is 22.3 Å². The highest BCUT2D eigenvalue weighted by molar-refractivity contribution is 5.80. The maximum Gasteiger partial charge on any atom is 0.196 e. The van der Waals surface area contributed by atoms with Crippen LogP contribution in [0.4, 0.5) is 0 Å². The van der Waals surface area contributed by atoms with Gasteiger partial charge in [0.2, 0.25) is 0 Å². The normalized spacial score (nSPS) is 11.0. The molecule has 0 atom stereocenters. The van der Waals surface area contributed by atoms with Crippen LogP contribution in [0.2, 0.25) is 0 Å². The number of aromatic hydroxyl groups is 1. The molecular formula is C19H18O3. The van der Waals surface area contributed by atoms with Crippen LogP contribution in [0.15, 0.2) is 57.7 Å². The fourth-order valence-corrected chi connectivity index (χ4v) is 2.61. The van der Waals surface area contributed by atoms with E-state index in [1.807, 2.05) is 18.2 Å². The summed E-state index contributed by atoms with van der Waals surface area (Å²) in [5, 5.41) is 10.1. The number of benzene rings is 2. The van der Waals surface area contributed by atoms with Gasteiger partial charge in [-0.25, -0.2) is 0 Å². The van der Waals surface area contributed by atoms with E-state index in [0.29, 0.717) is 28.7 Å². The van der Waals surface area contributed by atoms with Gasteiger partial charge in [0, 0.05) is 11.1 Å². The molecule has 0 radical (unpaired) electrons. The summed E-state index contributed by atoms with van der Waals surface area (Å²) in [5.74, 6) is 0.805. The number of phenols is 1. The van der Waals surface area contributed by atoms with Crippen molar-refractivity contribution in [3.63, 3.8) is 0 Å². The molecule has 22 heavy (non-hydrogen) atoms. The van der Waals surface area contributed by atoms with E-state index in [2.05, 4.69) is 6.92 Å². The SMILES string of the molecule is CCCCc1c(-c2ccc(O)cc2)oc2ccccc2c1=O. The Morgan fingerprint density at radius 1 is 1.05 bits per heavy atom. The van der Waals surface area contributed by atoms with Gasteiger partial charge >= 0.3 is 0 Å². The summed E-state index contributed by atoms with van der Waals surface area (Å²) in [4.78, 5) is 12.8. The van der Waals surface area contributed by atoms with E-state index >= 15 is 0 Å². The lowest BCUT2D eigenvalue weighted by Crippen LogP contribution is -2.11. The molecule has 112 valence electrons. The summed E-state index contributed by atoms with van der Waals surface area (Å²) in [6, 6.07) is 14.1. The van der Waals surface area contributed by atoms with Gasteiger partial charge in [-0.15, -0.1) is 0 Å². The van der Waals surface area contributed by atoms with E-state index < -0.39 is 0 Å². The first-order valence-electron chi connectivity index (χ1n) is 7.55. The van der Waals surface area contributed by atoms with Crippen molar-refractivity contribution in [2.75, 3.05) is 0 Å². The zero-order valence-corrected chi connectivity index (χ0v) is 12.5. The molecular weight excluding hydrogens is 276 g/mol. The third-order valence-corrected chi connectivity index (χ3v) is 3.80. The summed E-state index contributed by atoms with van der Waals surface area (Å²) < 4.78 is 6.02. The standard InChI is InChI=1S/C19H18O3/c1-2-3-6-16-18(21)15-7-4-5-8-17(15)22-19(16)13-9-11-14(20)12-10-13/h4-5,7-12,20H,2-3,6H2,1H3. The Morgan fingerprint density at radius 3 is 2.50 bits per heavy atom. The molecule has 0 spiro atoms. The molecule has 0 amide bonds. The smallest absolute Gasteiger partial charge is 0.196 e. The van der Waals surface area contributed by atoms with E-state index in [1.165, 1.54) is 0 Å². The van der Waals surface area contributed by atoms with Gasteiger partial charge in [0.1, 0.15) is 17.1 Å². The topological polar surface area (TPSA) is 50.4 Å². The molecule has 0 unspecified atom stereocenters. The monoisotopic (exact) mass is 294 g/mol. The van der Waals surface area contributed by atoms with Crippen molar-refractivity contribution < 1.29 is 9.52 Å². The first-order valence-corrected chi connectivity index (χ1v) is 7.55. The Balaban J connectivity index is 2.26. The van der Waals surface area contributed by atoms with Crippen LogP contribution < -0.4 is 5.43 Å². The molecule has 0 aliphatic rings. The predicted octanol–water partition coefficient (Wildman–Crippen LogP) is 4.51. The summed E-state index contributed by atoms with van der Waals surface area (Å²) in [6.45, 7) is 2.10. The predicted molar refractivity (Wildman–Crippen MR) is 88.2 cm³/mol. The fourth-order valence-electron chi connectivity index (χ4n) is 2.61. The van der Waals surface area contributed by atoms with Gasteiger partial charge < -0.3 is 9.52 Å². The number of fused-ring (bicyclic) bond motifs is 1. The quantitative estimate of drug-likeness (QED) is 0.770. The molecule has 0 aliphatic carbocycles. The lowest BCUT2D eigenvalue weighted by atomic mass is 10.0. The van der Waals surface area contributed by atoms with Crippen molar-refractivity contribution in [3.8, 4) is 17.1 Å². The van der Waals surface area contributed by atoms with Crippen LogP contribution in [0.5, 0.6) is 5.75 Å². The molecule has 0 saturated heterocycles. The Hall–Kier alpha value is -2.55. The van der Waals surface area contributed by atoms with Gasteiger partial charge in [0.05, 0.1) is 5.39 Å². The van der Waals surface area contributed by atoms with Crippen molar-refractivity contribution in [3.05, 3.63) is 64.3 Å². The lowest BCUT2D eigenvalue weighted by Gasteiger charge is -2.10. The molecule has 0 saturated carbocycles. The lowest BCUT2D eigenvalue weighted by molar-refractivity contribution is 0.475. The van der Waals surface area contributed by atoms with Crippen LogP contribution in [0.1, 0.15) is 25.3 Å². The van der Waals surface area contributed by atoms with E-state index in [1.54, 1.807) is 30.3 Å². The molecule has 0 bridgehead atoms. The van der Waals surface area contributed by atoms with Crippen LogP contribution in [-0.4, -0.2) is 5.11 Å². The van der Waals surface area contributed by atoms with E-state index in [4.69, 9.17) is 4.42 Å². The first kappa shape index (κ1) is 14.4. The van der Waals surface area contributed by atoms with Gasteiger partial charge in [-0.1, -0.05) is 25.5 Å². The third-order valence-electron chi connectivity index (χ3n) is 3.80. The Labute approximate surface area is 128 Å². The summed E-state index contributed by atoms with van der Waals surface area (Å²) in [5.41, 5.74) is 2.16. The number of phenolic OH excluding ortho intramolecular Hbond substituents is 1. The minimum atomic E-state index is 0.0402. The number of para-hydroxylation sites is 1. The molecule has 1 N–H and O–H groups in total. The Bertz CT molecular complexity index is 845. The average Bonchev–Trinajstić information content (AvgIpc) is 2.55. The van der Waals surface area contributed by atoms with Gasteiger partial charge in [-0.2, -0.15) is 0 Å². The Kier molecular flexibility index (Phi) is 3.96. The number of rotatable bonds is 4. The summed E-state index contributed by atoms with van der Waals surface area (Å²) in [7, 11) is 0. The molecule has 3 rings (SSSR count). The van der Waals surface area contributed by atoms with Gasteiger partial charge in [0.25, 0.3) is 0 Å². The van der Waals surface area contributed by atoms with Crippen LogP contribution in [-0.2, 0) is 6.42 Å². The molecule has 3 aromatic rings. The Morgan fingerprint density at radius 2 is 1.77 bits per heavy atom. The minimum Gasteiger partial charge on any atom is -0.508 e. The van der Waals surface area contributed by atoms with Crippen LogP contribution in [0.3, 0.4) is 0 Å². The van der Waals surface area contributed by atoms with Crippen molar-refractivity contribution in [1.82, 2.24) is 0 Å². The third kappa shape index (κ3) is 2.62. The second-order valence-corrected chi connectivity index (χ2v) is 5.39. The van der Waals surface area contributed by atoms with E-state index in [9.17, 15) is 9.90 Å². The summed E-state index contributed by atoms with van der Waals surface area (Å²) in [6.07, 6.45) is 2.65. The maximum absolute atomic E-state index is 12.8. The largest absolute Gasteiger partial charge is 0.508 e. The van der Waals surface area contributed by atoms with E-state index in [-0.39, 0.29) is 11.2 Å². The maximum atomic E-state index is 12.8. The minimum absolute atomic E-state index is 0.0402. The molecule has 0 aliphatic heterocycles. The molecule has 0 fully saturated rings. The molecule has 3 nitrogen and oxygen atoms in total. The fraction of sp³-hybridized carbons (Fsp3) is 0.211. The first-order chi connectivity index (χ1) is 10.7. The molecule has 1 heterocycles. The highest BCUT2D eigenvalue weighted by Crippen LogP contribution is 2.28. The zero-order chi connectivity index (χ0) is 15.5. The molecule has 1 aromatic heterocycles. The highest BCUT2D eigenvalue weighted by atomic mass is 16.3. The van der Waals surface area contributed by atoms with Crippen molar-refractivity contribution in [1.29, 1.82) is 0 Å². The second-order valence-electron chi connectivity index (χ2n) is 5.39. The van der Waals surface area contributed by atoms with Crippen LogP contribution >= 0.6 is 0 Å². The van der Waals surface area contributed by atoms with Crippen molar-refractivity contribution in [2.45, 2.75) is 26.2 Å². The van der Waals surface area contributed by atoms with Gasteiger partial charge in [-0.3, -0.25) is 4.79 Å². The zero-order valence-electron chi connectivity index (χ0n) is 12.5. The van der Waals surface area contributed by atoms with Crippen molar-refractivity contribution >= 4 is 11.0 Å². The van der Waals surface area contributed by atoms with Crippen molar-refractivity contribution in [2.24, 2.45) is 0 Å². The second kappa shape index (κ2) is 6.06. The van der Waals surface area contributed by atoms with E-state index in [0.717, 1.165) is 18.4 Å². The molecule has 2 aromatic carbocycles. The molecule has 3 heteroatoms. The highest BCUT2D eigenvalue weighted by Gasteiger charge is 2.15. The van der Waals surface area contributed by atoms with Gasteiger partial charge in [-0.05, 0) is 49.2 Å². The van der Waals surface area contributed by atoms with Gasteiger partial charge in [0.15, 0.2) is 5.43 Å². The average molecular weight is 294 g/mol.